The molecule has 0 aliphatic heterocycles. The van der Waals surface area contributed by atoms with Crippen molar-refractivity contribution >= 4 is 17.2 Å². The van der Waals surface area contributed by atoms with E-state index in [0.29, 0.717) is 25.2 Å². The van der Waals surface area contributed by atoms with Crippen molar-refractivity contribution in [1.82, 2.24) is 10.3 Å². The Balaban J connectivity index is 1.87. The molecule has 0 unspecified atom stereocenters. The van der Waals surface area contributed by atoms with Gasteiger partial charge in [0.25, 0.3) is 5.91 Å². The summed E-state index contributed by atoms with van der Waals surface area (Å²) in [6, 6.07) is 7.77. The molecule has 1 amide bonds. The van der Waals surface area contributed by atoms with Crippen LogP contribution in [0.4, 0.5) is 0 Å². The van der Waals surface area contributed by atoms with Crippen molar-refractivity contribution in [2.45, 2.75) is 13.0 Å². The molecule has 20 heavy (non-hydrogen) atoms. The van der Waals surface area contributed by atoms with E-state index in [0.717, 1.165) is 16.3 Å². The standard InChI is InChI=1S/C14H17N3O2S/c1-19-12-5-3-2-4-10(12)6-7-16-14(18)11-9-20-13(8-15)17-11/h2-5,9H,6-8,15H2,1H3,(H,16,18). The van der Waals surface area contributed by atoms with E-state index >= 15 is 0 Å². The Kier molecular flexibility index (Phi) is 5.09. The number of aromatic nitrogens is 1. The van der Waals surface area contributed by atoms with Gasteiger partial charge in [-0.05, 0) is 18.1 Å². The number of para-hydroxylation sites is 1. The van der Waals surface area contributed by atoms with Crippen molar-refractivity contribution in [3.8, 4) is 5.75 Å². The second-order valence-electron chi connectivity index (χ2n) is 4.15. The van der Waals surface area contributed by atoms with E-state index in [9.17, 15) is 4.79 Å². The zero-order valence-electron chi connectivity index (χ0n) is 11.3. The van der Waals surface area contributed by atoms with Gasteiger partial charge in [0.15, 0.2) is 0 Å². The van der Waals surface area contributed by atoms with E-state index in [-0.39, 0.29) is 5.91 Å². The van der Waals surface area contributed by atoms with E-state index in [4.69, 9.17) is 10.5 Å². The first-order valence-corrected chi connectivity index (χ1v) is 7.17. The zero-order valence-corrected chi connectivity index (χ0v) is 12.1. The molecular formula is C14H17N3O2S. The summed E-state index contributed by atoms with van der Waals surface area (Å²) in [4.78, 5) is 16.0. The second-order valence-corrected chi connectivity index (χ2v) is 5.09. The van der Waals surface area contributed by atoms with E-state index in [1.165, 1.54) is 11.3 Å². The van der Waals surface area contributed by atoms with Crippen LogP contribution in [-0.2, 0) is 13.0 Å². The minimum atomic E-state index is -0.171. The van der Waals surface area contributed by atoms with Gasteiger partial charge in [0, 0.05) is 18.5 Å². The molecule has 2 rings (SSSR count). The number of benzene rings is 1. The van der Waals surface area contributed by atoms with Crippen LogP contribution in [0, 0.1) is 0 Å². The van der Waals surface area contributed by atoms with Gasteiger partial charge < -0.3 is 15.8 Å². The van der Waals surface area contributed by atoms with Crippen LogP contribution >= 0.6 is 11.3 Å². The maximum Gasteiger partial charge on any atom is 0.270 e. The molecule has 3 N–H and O–H groups in total. The number of ether oxygens (including phenoxy) is 1. The number of nitrogens with two attached hydrogens (primary N) is 1. The van der Waals surface area contributed by atoms with Gasteiger partial charge in [0.05, 0.1) is 7.11 Å². The number of methoxy groups -OCH3 is 1. The fourth-order valence-electron chi connectivity index (χ4n) is 1.82. The van der Waals surface area contributed by atoms with Gasteiger partial charge in [-0.15, -0.1) is 11.3 Å². The molecule has 0 aliphatic carbocycles. The molecule has 0 fully saturated rings. The number of rotatable bonds is 6. The zero-order chi connectivity index (χ0) is 14.4. The van der Waals surface area contributed by atoms with Gasteiger partial charge in [-0.1, -0.05) is 18.2 Å². The quantitative estimate of drug-likeness (QED) is 0.847. The molecule has 1 heterocycles. The van der Waals surface area contributed by atoms with Crippen molar-refractivity contribution in [2.75, 3.05) is 13.7 Å². The number of amides is 1. The molecule has 1 aromatic carbocycles. The first-order valence-electron chi connectivity index (χ1n) is 6.29. The van der Waals surface area contributed by atoms with Crippen molar-refractivity contribution in [2.24, 2.45) is 5.73 Å². The first-order chi connectivity index (χ1) is 9.74. The first kappa shape index (κ1) is 14.5. The van der Waals surface area contributed by atoms with Gasteiger partial charge >= 0.3 is 0 Å². The van der Waals surface area contributed by atoms with Gasteiger partial charge in [0.1, 0.15) is 16.5 Å². The lowest BCUT2D eigenvalue weighted by molar-refractivity contribution is 0.0949. The third kappa shape index (κ3) is 3.55. The molecular weight excluding hydrogens is 274 g/mol. The fourth-order valence-corrected chi connectivity index (χ4v) is 2.47. The Morgan fingerprint density at radius 1 is 1.45 bits per heavy atom. The summed E-state index contributed by atoms with van der Waals surface area (Å²) in [5.41, 5.74) is 6.97. The van der Waals surface area contributed by atoms with E-state index < -0.39 is 0 Å². The highest BCUT2D eigenvalue weighted by Crippen LogP contribution is 2.17. The maximum absolute atomic E-state index is 11.9. The minimum absolute atomic E-state index is 0.171. The summed E-state index contributed by atoms with van der Waals surface area (Å²) < 4.78 is 5.27. The summed E-state index contributed by atoms with van der Waals surface area (Å²) in [5, 5.41) is 5.33. The highest BCUT2D eigenvalue weighted by molar-refractivity contribution is 7.09. The number of thiazole rings is 1. The Bertz CT molecular complexity index is 583. The largest absolute Gasteiger partial charge is 0.496 e. The summed E-state index contributed by atoms with van der Waals surface area (Å²) in [5.74, 6) is 0.664. The smallest absolute Gasteiger partial charge is 0.270 e. The number of hydrogen-bond donors (Lipinski definition) is 2. The second kappa shape index (κ2) is 7.02. The Labute approximate surface area is 121 Å². The van der Waals surface area contributed by atoms with Crippen molar-refractivity contribution in [3.63, 3.8) is 0 Å². The molecule has 0 atom stereocenters. The lowest BCUT2D eigenvalue weighted by Crippen LogP contribution is -2.26. The maximum atomic E-state index is 11.9. The van der Waals surface area contributed by atoms with Crippen LogP contribution in [0.5, 0.6) is 5.75 Å². The van der Waals surface area contributed by atoms with E-state index in [2.05, 4.69) is 10.3 Å². The molecule has 0 aliphatic rings. The Morgan fingerprint density at radius 2 is 2.25 bits per heavy atom. The average molecular weight is 291 g/mol. The van der Waals surface area contributed by atoms with Crippen molar-refractivity contribution < 1.29 is 9.53 Å². The van der Waals surface area contributed by atoms with Crippen molar-refractivity contribution in [1.29, 1.82) is 0 Å². The molecule has 2 aromatic rings. The lowest BCUT2D eigenvalue weighted by atomic mass is 10.1. The highest BCUT2D eigenvalue weighted by Gasteiger charge is 2.10. The third-order valence-electron chi connectivity index (χ3n) is 2.83. The summed E-state index contributed by atoms with van der Waals surface area (Å²) in [6.07, 6.45) is 0.712. The van der Waals surface area contributed by atoms with Crippen LogP contribution < -0.4 is 15.8 Å². The Morgan fingerprint density at radius 3 is 2.95 bits per heavy atom. The molecule has 0 saturated heterocycles. The van der Waals surface area contributed by atoms with E-state index in [1.807, 2.05) is 24.3 Å². The minimum Gasteiger partial charge on any atom is -0.496 e. The van der Waals surface area contributed by atoms with Gasteiger partial charge in [-0.2, -0.15) is 0 Å². The lowest BCUT2D eigenvalue weighted by Gasteiger charge is -2.08. The summed E-state index contributed by atoms with van der Waals surface area (Å²) >= 11 is 1.40. The van der Waals surface area contributed by atoms with Gasteiger partial charge in [-0.25, -0.2) is 4.98 Å². The van der Waals surface area contributed by atoms with E-state index in [1.54, 1.807) is 12.5 Å². The van der Waals surface area contributed by atoms with Crippen LogP contribution in [0.2, 0.25) is 0 Å². The molecule has 0 spiro atoms. The molecule has 6 heteroatoms. The fraction of sp³-hybridized carbons (Fsp3) is 0.286. The number of carbonyl (C=O) groups excluding carboxylic acids is 1. The number of carbonyl (C=O) groups is 1. The molecule has 0 saturated carbocycles. The monoisotopic (exact) mass is 291 g/mol. The molecule has 0 bridgehead atoms. The SMILES string of the molecule is COc1ccccc1CCNC(=O)c1csc(CN)n1. The summed E-state index contributed by atoms with van der Waals surface area (Å²) in [6.45, 7) is 0.897. The molecule has 0 radical (unpaired) electrons. The molecule has 106 valence electrons. The van der Waals surface area contributed by atoms with Crippen molar-refractivity contribution in [3.05, 3.63) is 45.9 Å². The summed E-state index contributed by atoms with van der Waals surface area (Å²) in [7, 11) is 1.64. The third-order valence-corrected chi connectivity index (χ3v) is 3.70. The number of nitrogens with zero attached hydrogens (tertiary/aromatic N) is 1. The molecule has 5 nitrogen and oxygen atoms in total. The number of nitrogens with one attached hydrogen (secondary N) is 1. The van der Waals surface area contributed by atoms with Gasteiger partial charge in [-0.3, -0.25) is 4.79 Å². The van der Waals surface area contributed by atoms with Gasteiger partial charge in [0.2, 0.25) is 0 Å². The highest BCUT2D eigenvalue weighted by atomic mass is 32.1. The predicted molar refractivity (Wildman–Crippen MR) is 79.0 cm³/mol. The molecule has 1 aromatic heterocycles. The average Bonchev–Trinajstić information content (AvgIpc) is 2.96. The van der Waals surface area contributed by atoms with Crippen LogP contribution in [0.3, 0.4) is 0 Å². The van der Waals surface area contributed by atoms with Crippen LogP contribution in [0.25, 0.3) is 0 Å². The Hall–Kier alpha value is -1.92. The number of hydrogen-bond acceptors (Lipinski definition) is 5. The van der Waals surface area contributed by atoms with Crippen LogP contribution in [0.1, 0.15) is 21.1 Å². The van der Waals surface area contributed by atoms with Crippen LogP contribution in [0.15, 0.2) is 29.6 Å². The van der Waals surface area contributed by atoms with Crippen LogP contribution in [-0.4, -0.2) is 24.5 Å². The topological polar surface area (TPSA) is 77.2 Å². The normalized spacial score (nSPS) is 10.3. The predicted octanol–water partition coefficient (Wildman–Crippen LogP) is 1.58.